The molecule has 0 bridgehead atoms. The Morgan fingerprint density at radius 3 is 2.25 bits per heavy atom. The molecule has 5 heteroatoms. The molecule has 0 heterocycles. The molecule has 5 nitrogen and oxygen atoms in total. The number of benzene rings is 2. The highest BCUT2D eigenvalue weighted by molar-refractivity contribution is 5.63. The first-order valence-electron chi connectivity index (χ1n) is 5.88. The van der Waals surface area contributed by atoms with E-state index in [1.54, 1.807) is 36.4 Å². The monoisotopic (exact) mass is 270 g/mol. The van der Waals surface area contributed by atoms with Crippen LogP contribution in [0.15, 0.2) is 36.4 Å². The van der Waals surface area contributed by atoms with Crippen LogP contribution in [-0.2, 0) is 0 Å². The van der Waals surface area contributed by atoms with Crippen LogP contribution < -0.4 is 19.9 Å². The third-order valence-electron chi connectivity index (χ3n) is 2.74. The number of rotatable bonds is 4. The van der Waals surface area contributed by atoms with Gasteiger partial charge < -0.3 is 19.9 Å². The zero-order chi connectivity index (χ0) is 14.5. The second kappa shape index (κ2) is 5.85. The molecule has 0 saturated carbocycles. The van der Waals surface area contributed by atoms with Crippen LogP contribution in [-0.4, -0.2) is 14.2 Å². The molecule has 0 aromatic heterocycles. The van der Waals surface area contributed by atoms with Gasteiger partial charge in [0.15, 0.2) is 17.2 Å². The fourth-order valence-corrected chi connectivity index (χ4v) is 1.73. The summed E-state index contributed by atoms with van der Waals surface area (Å²) in [6.07, 6.45) is 0. The number of hydrogen-bond acceptors (Lipinski definition) is 5. The zero-order valence-corrected chi connectivity index (χ0v) is 11.2. The molecule has 2 N–H and O–H groups in total. The van der Waals surface area contributed by atoms with Gasteiger partial charge in [0.2, 0.25) is 0 Å². The zero-order valence-electron chi connectivity index (χ0n) is 11.2. The molecule has 2 aromatic rings. The molecule has 0 fully saturated rings. The summed E-state index contributed by atoms with van der Waals surface area (Å²) in [6.45, 7) is 0. The lowest BCUT2D eigenvalue weighted by atomic mass is 10.2. The van der Waals surface area contributed by atoms with Crippen molar-refractivity contribution in [2.45, 2.75) is 0 Å². The number of methoxy groups -OCH3 is 2. The van der Waals surface area contributed by atoms with Crippen LogP contribution in [0.25, 0.3) is 0 Å². The fraction of sp³-hybridized carbons (Fsp3) is 0.133. The molecule has 0 aliphatic rings. The van der Waals surface area contributed by atoms with Gasteiger partial charge in [0.05, 0.1) is 25.5 Å². The van der Waals surface area contributed by atoms with E-state index in [-0.39, 0.29) is 0 Å². The molecule has 0 unspecified atom stereocenters. The minimum Gasteiger partial charge on any atom is -0.493 e. The van der Waals surface area contributed by atoms with Crippen LogP contribution in [0.3, 0.4) is 0 Å². The van der Waals surface area contributed by atoms with Crippen molar-refractivity contribution in [1.82, 2.24) is 0 Å². The van der Waals surface area contributed by atoms with Gasteiger partial charge in [0.25, 0.3) is 0 Å². The smallest absolute Gasteiger partial charge is 0.164 e. The van der Waals surface area contributed by atoms with Gasteiger partial charge in [0.1, 0.15) is 11.8 Å². The van der Waals surface area contributed by atoms with Gasteiger partial charge in [-0.1, -0.05) is 12.1 Å². The number of hydrogen-bond donors (Lipinski definition) is 1. The summed E-state index contributed by atoms with van der Waals surface area (Å²) in [7, 11) is 3.06. The summed E-state index contributed by atoms with van der Waals surface area (Å²) in [5.74, 6) is 1.87. The maximum atomic E-state index is 9.04. The SMILES string of the molecule is COc1cc(N)c(Oc2ccccc2C#N)cc1OC. The van der Waals surface area contributed by atoms with Crippen LogP contribution in [0, 0.1) is 11.3 Å². The molecular weight excluding hydrogens is 256 g/mol. The lowest BCUT2D eigenvalue weighted by molar-refractivity contribution is 0.352. The lowest BCUT2D eigenvalue weighted by Gasteiger charge is -2.13. The first kappa shape index (κ1) is 13.6. The third-order valence-corrected chi connectivity index (χ3v) is 2.74. The maximum Gasteiger partial charge on any atom is 0.164 e. The molecular formula is C15H14N2O3. The molecule has 20 heavy (non-hydrogen) atoms. The van der Waals surface area contributed by atoms with Crippen LogP contribution in [0.2, 0.25) is 0 Å². The van der Waals surface area contributed by atoms with Crippen LogP contribution in [0.1, 0.15) is 5.56 Å². The van der Waals surface area contributed by atoms with E-state index < -0.39 is 0 Å². The van der Waals surface area contributed by atoms with Crippen molar-refractivity contribution in [2.75, 3.05) is 20.0 Å². The molecule has 0 aliphatic heterocycles. The van der Waals surface area contributed by atoms with Gasteiger partial charge >= 0.3 is 0 Å². The Kier molecular flexibility index (Phi) is 3.96. The van der Waals surface area contributed by atoms with Crippen molar-refractivity contribution in [3.8, 4) is 29.1 Å². The largest absolute Gasteiger partial charge is 0.493 e. The number of ether oxygens (including phenoxy) is 3. The maximum absolute atomic E-state index is 9.04. The Morgan fingerprint density at radius 1 is 0.950 bits per heavy atom. The number of para-hydroxylation sites is 1. The minimum atomic E-state index is 0.399. The standard InChI is InChI=1S/C15H14N2O3/c1-18-14-7-11(17)13(8-15(14)19-2)20-12-6-4-3-5-10(12)9-16/h3-8H,17H2,1-2H3. The second-order valence-electron chi connectivity index (χ2n) is 3.96. The number of nitrogens with two attached hydrogens (primary N) is 1. The van der Waals surface area contributed by atoms with Crippen molar-refractivity contribution >= 4 is 5.69 Å². The highest BCUT2D eigenvalue weighted by atomic mass is 16.5. The summed E-state index contributed by atoms with van der Waals surface area (Å²) in [6, 6.07) is 12.2. The van der Waals surface area contributed by atoms with Gasteiger partial charge in [-0.15, -0.1) is 0 Å². The average Bonchev–Trinajstić information content (AvgIpc) is 2.49. The number of anilines is 1. The van der Waals surface area contributed by atoms with E-state index in [2.05, 4.69) is 6.07 Å². The Hall–Kier alpha value is -2.87. The average molecular weight is 270 g/mol. The lowest BCUT2D eigenvalue weighted by Crippen LogP contribution is -1.97. The summed E-state index contributed by atoms with van der Waals surface area (Å²) < 4.78 is 16.0. The molecule has 0 saturated heterocycles. The van der Waals surface area contributed by atoms with E-state index in [1.807, 2.05) is 0 Å². The highest BCUT2D eigenvalue weighted by Crippen LogP contribution is 2.38. The third kappa shape index (κ3) is 2.59. The topological polar surface area (TPSA) is 77.5 Å². The van der Waals surface area contributed by atoms with Gasteiger partial charge in [-0.25, -0.2) is 0 Å². The van der Waals surface area contributed by atoms with E-state index in [9.17, 15) is 0 Å². The van der Waals surface area contributed by atoms with Crippen molar-refractivity contribution in [3.63, 3.8) is 0 Å². The predicted molar refractivity (Wildman–Crippen MR) is 75.2 cm³/mol. The van der Waals surface area contributed by atoms with Gasteiger partial charge in [-0.3, -0.25) is 0 Å². The van der Waals surface area contributed by atoms with Crippen molar-refractivity contribution in [2.24, 2.45) is 0 Å². The van der Waals surface area contributed by atoms with Gasteiger partial charge in [-0.2, -0.15) is 5.26 Å². The van der Waals surface area contributed by atoms with Gasteiger partial charge in [0, 0.05) is 12.1 Å². The molecule has 0 amide bonds. The minimum absolute atomic E-state index is 0.399. The van der Waals surface area contributed by atoms with E-state index in [0.29, 0.717) is 34.2 Å². The number of nitrogens with zero attached hydrogens (tertiary/aromatic N) is 1. The number of nitriles is 1. The summed E-state index contributed by atoms with van der Waals surface area (Å²) in [5.41, 5.74) is 6.75. The molecule has 0 radical (unpaired) electrons. The van der Waals surface area contributed by atoms with Crippen LogP contribution in [0.4, 0.5) is 5.69 Å². The van der Waals surface area contributed by atoms with Gasteiger partial charge in [-0.05, 0) is 12.1 Å². The first-order chi connectivity index (χ1) is 9.69. The predicted octanol–water partition coefficient (Wildman–Crippen LogP) is 2.95. The molecule has 2 rings (SSSR count). The molecule has 0 spiro atoms. The second-order valence-corrected chi connectivity index (χ2v) is 3.96. The Bertz CT molecular complexity index is 663. The quantitative estimate of drug-likeness (QED) is 0.864. The van der Waals surface area contributed by atoms with Crippen LogP contribution >= 0.6 is 0 Å². The van der Waals surface area contributed by atoms with Crippen molar-refractivity contribution in [3.05, 3.63) is 42.0 Å². The number of nitrogen functional groups attached to an aromatic ring is 1. The van der Waals surface area contributed by atoms with Crippen molar-refractivity contribution < 1.29 is 14.2 Å². The summed E-state index contributed by atoms with van der Waals surface area (Å²) >= 11 is 0. The van der Waals surface area contributed by atoms with Crippen LogP contribution in [0.5, 0.6) is 23.0 Å². The normalized spacial score (nSPS) is 9.65. The molecule has 102 valence electrons. The first-order valence-corrected chi connectivity index (χ1v) is 5.88. The summed E-state index contributed by atoms with van der Waals surface area (Å²) in [5, 5.41) is 9.04. The van der Waals surface area contributed by atoms with E-state index in [1.165, 1.54) is 14.2 Å². The Balaban J connectivity index is 2.41. The Labute approximate surface area is 117 Å². The van der Waals surface area contributed by atoms with E-state index in [0.717, 1.165) is 0 Å². The molecule has 0 atom stereocenters. The fourth-order valence-electron chi connectivity index (χ4n) is 1.73. The Morgan fingerprint density at radius 2 is 1.60 bits per heavy atom. The highest BCUT2D eigenvalue weighted by Gasteiger charge is 2.12. The van der Waals surface area contributed by atoms with Crippen molar-refractivity contribution in [1.29, 1.82) is 5.26 Å². The van der Waals surface area contributed by atoms with E-state index >= 15 is 0 Å². The molecule has 2 aromatic carbocycles. The summed E-state index contributed by atoms with van der Waals surface area (Å²) in [4.78, 5) is 0. The van der Waals surface area contributed by atoms with E-state index in [4.69, 9.17) is 25.2 Å². The molecule has 0 aliphatic carbocycles.